The molecule has 0 radical (unpaired) electrons. The van der Waals surface area contributed by atoms with Crippen molar-refractivity contribution in [2.45, 2.75) is 136 Å². The summed E-state index contributed by atoms with van der Waals surface area (Å²) in [5.41, 5.74) is 1.29. The van der Waals surface area contributed by atoms with Gasteiger partial charge in [-0.05, 0) is 26.7 Å². The lowest BCUT2D eigenvalue weighted by molar-refractivity contribution is -0.946. The molecule has 2 atom stereocenters. The van der Waals surface area contributed by atoms with Gasteiger partial charge in [-0.25, -0.2) is 0 Å². The average Bonchev–Trinajstić information content (AvgIpc) is 2.76. The summed E-state index contributed by atoms with van der Waals surface area (Å²) >= 11 is 0. The van der Waals surface area contributed by atoms with E-state index in [-0.39, 0.29) is 12.2 Å². The Balaban J connectivity index is 2.23. The summed E-state index contributed by atoms with van der Waals surface area (Å²) in [6.45, 7) is 9.38. The van der Waals surface area contributed by atoms with Gasteiger partial charge >= 0.3 is 0 Å². The van der Waals surface area contributed by atoms with Gasteiger partial charge in [-0.3, -0.25) is 0 Å². The number of rotatable bonds is 22. The van der Waals surface area contributed by atoms with Crippen LogP contribution in [0.2, 0.25) is 0 Å². The predicted molar refractivity (Wildman–Crippen MR) is 143 cm³/mol. The Morgan fingerprint density at radius 3 is 1.39 bits per heavy atom. The van der Waals surface area contributed by atoms with Crippen molar-refractivity contribution in [2.75, 3.05) is 19.6 Å². The van der Waals surface area contributed by atoms with Gasteiger partial charge in [0.1, 0.15) is 31.8 Å². The Labute approximate surface area is 206 Å². The van der Waals surface area contributed by atoms with Crippen molar-refractivity contribution >= 4 is 0 Å². The number of unbranched alkanes of at least 4 members (excludes halogenated alkanes) is 14. The number of aliphatic hydroxyl groups is 2. The standard InChI is InChI=1S/C30H56NO2/c1-4-5-6-7-8-9-10-11-12-13-14-15-16-17-21-24-31(25-28(2)32,26-29(3)33)27-30-22-19-18-20-23-30/h18-20,22-23,28-29,32-33H,4-17,21,24-27H2,1-3H3/q+1. The van der Waals surface area contributed by atoms with E-state index in [0.717, 1.165) is 17.6 Å². The smallest absolute Gasteiger partial charge is 0.105 e. The van der Waals surface area contributed by atoms with Gasteiger partial charge in [-0.2, -0.15) is 0 Å². The van der Waals surface area contributed by atoms with Crippen molar-refractivity contribution in [3.05, 3.63) is 35.9 Å². The molecule has 33 heavy (non-hydrogen) atoms. The molecule has 0 saturated heterocycles. The summed E-state index contributed by atoms with van der Waals surface area (Å²) in [5.74, 6) is 0. The number of aliphatic hydroxyl groups excluding tert-OH is 2. The highest BCUT2D eigenvalue weighted by atomic mass is 16.3. The Morgan fingerprint density at radius 2 is 1.00 bits per heavy atom. The van der Waals surface area contributed by atoms with Crippen LogP contribution in [-0.2, 0) is 6.54 Å². The van der Waals surface area contributed by atoms with E-state index in [0.29, 0.717) is 13.1 Å². The third kappa shape index (κ3) is 16.4. The molecule has 1 aromatic rings. The number of nitrogens with zero attached hydrogens (tertiary/aromatic N) is 1. The largest absolute Gasteiger partial charge is 0.388 e. The lowest BCUT2D eigenvalue weighted by atomic mass is 10.0. The van der Waals surface area contributed by atoms with E-state index < -0.39 is 0 Å². The van der Waals surface area contributed by atoms with Crippen molar-refractivity contribution in [3.8, 4) is 0 Å². The van der Waals surface area contributed by atoms with Gasteiger partial charge in [0.05, 0.1) is 6.54 Å². The number of benzene rings is 1. The quantitative estimate of drug-likeness (QED) is 0.137. The lowest BCUT2D eigenvalue weighted by Gasteiger charge is -2.41. The van der Waals surface area contributed by atoms with Crippen molar-refractivity contribution in [3.63, 3.8) is 0 Å². The molecule has 0 spiro atoms. The maximum Gasteiger partial charge on any atom is 0.105 e. The minimum atomic E-state index is -0.358. The third-order valence-corrected chi connectivity index (χ3v) is 6.90. The Morgan fingerprint density at radius 1 is 0.606 bits per heavy atom. The molecule has 0 aliphatic rings. The molecule has 0 fully saturated rings. The number of hydrogen-bond acceptors (Lipinski definition) is 2. The third-order valence-electron chi connectivity index (χ3n) is 6.90. The summed E-state index contributed by atoms with van der Waals surface area (Å²) < 4.78 is 0.776. The fourth-order valence-electron chi connectivity index (χ4n) is 5.38. The summed E-state index contributed by atoms with van der Waals surface area (Å²) in [6, 6.07) is 10.6. The minimum Gasteiger partial charge on any atom is -0.388 e. The monoisotopic (exact) mass is 462 g/mol. The molecule has 3 heteroatoms. The first-order valence-corrected chi connectivity index (χ1v) is 14.2. The molecule has 0 saturated carbocycles. The van der Waals surface area contributed by atoms with E-state index in [1.165, 1.54) is 102 Å². The zero-order valence-electron chi connectivity index (χ0n) is 22.3. The summed E-state index contributed by atoms with van der Waals surface area (Å²) in [5, 5.41) is 20.4. The summed E-state index contributed by atoms with van der Waals surface area (Å²) in [6.07, 6.45) is 19.9. The van der Waals surface area contributed by atoms with Crippen LogP contribution in [0.25, 0.3) is 0 Å². The van der Waals surface area contributed by atoms with E-state index in [9.17, 15) is 10.2 Å². The molecule has 0 aliphatic carbocycles. The van der Waals surface area contributed by atoms with Gasteiger partial charge in [-0.15, -0.1) is 0 Å². The van der Waals surface area contributed by atoms with Crippen molar-refractivity contribution in [1.82, 2.24) is 0 Å². The van der Waals surface area contributed by atoms with E-state index in [1.54, 1.807) is 0 Å². The molecule has 3 nitrogen and oxygen atoms in total. The summed E-state index contributed by atoms with van der Waals surface area (Å²) in [4.78, 5) is 0. The van der Waals surface area contributed by atoms with Gasteiger partial charge < -0.3 is 14.7 Å². The van der Waals surface area contributed by atoms with E-state index in [4.69, 9.17) is 0 Å². The summed E-state index contributed by atoms with van der Waals surface area (Å²) in [7, 11) is 0. The van der Waals surface area contributed by atoms with Crippen LogP contribution in [0.4, 0.5) is 0 Å². The molecule has 0 aromatic heterocycles. The fourth-order valence-corrected chi connectivity index (χ4v) is 5.38. The molecule has 1 rings (SSSR count). The van der Waals surface area contributed by atoms with Crippen LogP contribution < -0.4 is 0 Å². The van der Waals surface area contributed by atoms with Crippen LogP contribution in [0, 0.1) is 0 Å². The molecule has 0 amide bonds. The van der Waals surface area contributed by atoms with E-state index >= 15 is 0 Å². The van der Waals surface area contributed by atoms with Gasteiger partial charge in [0.2, 0.25) is 0 Å². The predicted octanol–water partition coefficient (Wildman–Crippen LogP) is 7.64. The highest BCUT2D eigenvalue weighted by Crippen LogP contribution is 2.20. The maximum absolute atomic E-state index is 10.2. The van der Waals surface area contributed by atoms with Crippen LogP contribution in [0.15, 0.2) is 30.3 Å². The zero-order valence-corrected chi connectivity index (χ0v) is 22.3. The molecular formula is C30H56NO2+. The molecule has 2 unspecified atom stereocenters. The van der Waals surface area contributed by atoms with Crippen LogP contribution in [0.5, 0.6) is 0 Å². The Kier molecular flexibility index (Phi) is 17.7. The van der Waals surface area contributed by atoms with Crippen LogP contribution in [0.1, 0.15) is 123 Å². The van der Waals surface area contributed by atoms with Gasteiger partial charge in [-0.1, -0.05) is 121 Å². The van der Waals surface area contributed by atoms with Gasteiger partial charge in [0.25, 0.3) is 0 Å². The SMILES string of the molecule is CCCCCCCCCCCCCCCCC[N+](Cc1ccccc1)(CC(C)O)CC(C)O. The maximum atomic E-state index is 10.2. The highest BCUT2D eigenvalue weighted by Gasteiger charge is 2.30. The molecule has 0 bridgehead atoms. The minimum absolute atomic E-state index is 0.358. The highest BCUT2D eigenvalue weighted by molar-refractivity contribution is 5.13. The van der Waals surface area contributed by atoms with Crippen molar-refractivity contribution in [2.24, 2.45) is 0 Å². The zero-order chi connectivity index (χ0) is 24.2. The molecule has 1 aromatic carbocycles. The van der Waals surface area contributed by atoms with Crippen LogP contribution in [0.3, 0.4) is 0 Å². The first-order chi connectivity index (χ1) is 16.0. The topological polar surface area (TPSA) is 40.5 Å². The molecular weight excluding hydrogens is 406 g/mol. The number of quaternary nitrogens is 1. The first kappa shape index (κ1) is 30.1. The number of hydrogen-bond donors (Lipinski definition) is 2. The van der Waals surface area contributed by atoms with E-state index in [1.807, 2.05) is 13.8 Å². The fraction of sp³-hybridized carbons (Fsp3) is 0.800. The van der Waals surface area contributed by atoms with Crippen molar-refractivity contribution < 1.29 is 14.7 Å². The second-order valence-corrected chi connectivity index (χ2v) is 10.7. The van der Waals surface area contributed by atoms with Crippen LogP contribution >= 0.6 is 0 Å². The van der Waals surface area contributed by atoms with Crippen molar-refractivity contribution in [1.29, 1.82) is 0 Å². The molecule has 0 aliphatic heterocycles. The lowest BCUT2D eigenvalue weighted by Crippen LogP contribution is -2.54. The normalized spacial score (nSPS) is 15.3. The van der Waals surface area contributed by atoms with Crippen LogP contribution in [-0.4, -0.2) is 46.5 Å². The first-order valence-electron chi connectivity index (χ1n) is 14.2. The van der Waals surface area contributed by atoms with Gasteiger partial charge in [0.15, 0.2) is 0 Å². The Bertz CT molecular complexity index is 533. The molecule has 0 heterocycles. The molecule has 192 valence electrons. The Hall–Kier alpha value is -0.900. The molecule has 2 N–H and O–H groups in total. The average molecular weight is 463 g/mol. The van der Waals surface area contributed by atoms with E-state index in [2.05, 4.69) is 37.3 Å². The van der Waals surface area contributed by atoms with Gasteiger partial charge in [0, 0.05) is 5.56 Å². The second-order valence-electron chi connectivity index (χ2n) is 10.7. The second kappa shape index (κ2) is 19.4.